The van der Waals surface area contributed by atoms with Crippen molar-refractivity contribution >= 4 is 11.7 Å². The molecule has 1 N–H and O–H groups in total. The maximum atomic E-state index is 13.2. The number of amides is 1. The van der Waals surface area contributed by atoms with Crippen LogP contribution in [0.3, 0.4) is 0 Å². The highest BCUT2D eigenvalue weighted by atomic mass is 16.5. The minimum atomic E-state index is -0.682. The van der Waals surface area contributed by atoms with Gasteiger partial charge in [0.25, 0.3) is 5.91 Å². The second kappa shape index (κ2) is 9.61. The predicted octanol–water partition coefficient (Wildman–Crippen LogP) is 4.13. The summed E-state index contributed by atoms with van der Waals surface area (Å²) >= 11 is 0. The molecule has 7 heteroatoms. The number of carbonyl (C=O) groups excluding carboxylic acids is 2. The van der Waals surface area contributed by atoms with Gasteiger partial charge in [0.15, 0.2) is 11.5 Å². The lowest BCUT2D eigenvalue weighted by Gasteiger charge is -2.31. The van der Waals surface area contributed by atoms with Gasteiger partial charge in [0, 0.05) is 13.1 Å². The SMILES string of the molecule is CC(C)Oc1ccc(C2C(C(=O)c3ccco3)=C(O)C(=O)N2CCN2CCCCC2)cc1. The molecule has 1 unspecified atom stereocenters. The summed E-state index contributed by atoms with van der Waals surface area (Å²) in [6.07, 6.45) is 4.98. The molecule has 7 nitrogen and oxygen atoms in total. The summed E-state index contributed by atoms with van der Waals surface area (Å²) < 4.78 is 11.0. The molecule has 1 saturated heterocycles. The van der Waals surface area contributed by atoms with E-state index >= 15 is 0 Å². The van der Waals surface area contributed by atoms with E-state index < -0.39 is 23.5 Å². The summed E-state index contributed by atoms with van der Waals surface area (Å²) in [4.78, 5) is 30.2. The van der Waals surface area contributed by atoms with Crippen molar-refractivity contribution in [2.24, 2.45) is 0 Å². The van der Waals surface area contributed by atoms with Gasteiger partial charge in [-0.15, -0.1) is 0 Å². The summed E-state index contributed by atoms with van der Waals surface area (Å²) in [5, 5.41) is 10.7. The van der Waals surface area contributed by atoms with Crippen molar-refractivity contribution in [2.45, 2.75) is 45.3 Å². The van der Waals surface area contributed by atoms with E-state index in [0.717, 1.165) is 31.5 Å². The van der Waals surface area contributed by atoms with E-state index in [1.165, 1.54) is 12.7 Å². The second-order valence-electron chi connectivity index (χ2n) is 8.61. The van der Waals surface area contributed by atoms with Crippen LogP contribution in [-0.4, -0.2) is 58.9 Å². The van der Waals surface area contributed by atoms with E-state index in [0.29, 0.717) is 18.8 Å². The average Bonchev–Trinajstić information content (AvgIpc) is 3.41. The van der Waals surface area contributed by atoms with Gasteiger partial charge in [0.05, 0.1) is 24.0 Å². The van der Waals surface area contributed by atoms with Crippen LogP contribution in [0.1, 0.15) is 55.3 Å². The molecule has 2 aliphatic rings. The highest BCUT2D eigenvalue weighted by Crippen LogP contribution is 2.39. The third kappa shape index (κ3) is 4.58. The van der Waals surface area contributed by atoms with Crippen molar-refractivity contribution < 1.29 is 23.8 Å². The zero-order valence-electron chi connectivity index (χ0n) is 18.6. The Morgan fingerprint density at radius 3 is 2.47 bits per heavy atom. The second-order valence-corrected chi connectivity index (χ2v) is 8.61. The zero-order chi connectivity index (χ0) is 22.7. The van der Waals surface area contributed by atoms with Gasteiger partial charge in [0.1, 0.15) is 5.75 Å². The van der Waals surface area contributed by atoms with Crippen LogP contribution >= 0.6 is 0 Å². The molecule has 0 bridgehead atoms. The molecule has 1 amide bonds. The smallest absolute Gasteiger partial charge is 0.290 e. The van der Waals surface area contributed by atoms with Crippen LogP contribution in [-0.2, 0) is 4.79 Å². The Kier molecular flexibility index (Phi) is 6.65. The summed E-state index contributed by atoms with van der Waals surface area (Å²) in [5.41, 5.74) is 0.799. The molecule has 2 aliphatic heterocycles. The van der Waals surface area contributed by atoms with Gasteiger partial charge in [-0.3, -0.25) is 9.59 Å². The van der Waals surface area contributed by atoms with Gasteiger partial charge in [0.2, 0.25) is 5.78 Å². The highest BCUT2D eigenvalue weighted by Gasteiger charge is 2.44. The zero-order valence-corrected chi connectivity index (χ0v) is 18.6. The first-order chi connectivity index (χ1) is 15.5. The molecular formula is C25H30N2O5. The highest BCUT2D eigenvalue weighted by molar-refractivity contribution is 6.15. The fourth-order valence-electron chi connectivity index (χ4n) is 4.44. The molecule has 3 heterocycles. The molecule has 32 heavy (non-hydrogen) atoms. The number of piperidine rings is 1. The Hall–Kier alpha value is -3.06. The Labute approximate surface area is 188 Å². The monoisotopic (exact) mass is 438 g/mol. The molecule has 4 rings (SSSR count). The number of hydrogen-bond acceptors (Lipinski definition) is 6. The Morgan fingerprint density at radius 1 is 1.12 bits per heavy atom. The maximum absolute atomic E-state index is 13.2. The molecule has 0 spiro atoms. The van der Waals surface area contributed by atoms with E-state index in [4.69, 9.17) is 9.15 Å². The van der Waals surface area contributed by atoms with Crippen LogP contribution in [0.4, 0.5) is 0 Å². The van der Waals surface area contributed by atoms with E-state index in [9.17, 15) is 14.7 Å². The molecule has 0 aliphatic carbocycles. The Balaban J connectivity index is 1.64. The average molecular weight is 439 g/mol. The van der Waals surface area contributed by atoms with Crippen molar-refractivity contribution in [1.29, 1.82) is 0 Å². The molecule has 0 saturated carbocycles. The third-order valence-corrected chi connectivity index (χ3v) is 5.97. The summed E-state index contributed by atoms with van der Waals surface area (Å²) in [7, 11) is 0. The van der Waals surface area contributed by atoms with E-state index in [1.54, 1.807) is 17.0 Å². The number of hydrogen-bond donors (Lipinski definition) is 1. The fourth-order valence-corrected chi connectivity index (χ4v) is 4.44. The van der Waals surface area contributed by atoms with Crippen LogP contribution in [0.2, 0.25) is 0 Å². The van der Waals surface area contributed by atoms with Crippen LogP contribution in [0, 0.1) is 0 Å². The number of benzene rings is 1. The third-order valence-electron chi connectivity index (χ3n) is 5.97. The molecule has 2 aromatic rings. The number of ketones is 1. The Morgan fingerprint density at radius 2 is 1.84 bits per heavy atom. The number of furan rings is 1. The first kappa shape index (κ1) is 22.1. The number of Topliss-reactive ketones (excluding diaryl/α,β-unsaturated/α-hetero) is 1. The lowest BCUT2D eigenvalue weighted by Crippen LogP contribution is -2.40. The van der Waals surface area contributed by atoms with Gasteiger partial charge in [-0.2, -0.15) is 0 Å². The standard InChI is InChI=1S/C25H30N2O5/c1-17(2)32-19-10-8-18(9-11-19)22-21(23(28)20-7-6-16-31-20)24(29)25(30)27(22)15-14-26-12-4-3-5-13-26/h6-11,16-17,22,29H,3-5,12-15H2,1-2H3. The van der Waals surface area contributed by atoms with E-state index in [-0.39, 0.29) is 17.4 Å². The first-order valence-electron chi connectivity index (χ1n) is 11.3. The van der Waals surface area contributed by atoms with Crippen LogP contribution < -0.4 is 4.74 Å². The molecular weight excluding hydrogens is 408 g/mol. The number of carbonyl (C=O) groups is 2. The summed E-state index contributed by atoms with van der Waals surface area (Å²) in [6, 6.07) is 9.82. The number of likely N-dealkylation sites (tertiary alicyclic amines) is 1. The summed E-state index contributed by atoms with van der Waals surface area (Å²) in [5.74, 6) is -0.696. The van der Waals surface area contributed by atoms with Crippen molar-refractivity contribution in [1.82, 2.24) is 9.80 Å². The van der Waals surface area contributed by atoms with Crippen molar-refractivity contribution in [3.05, 3.63) is 65.3 Å². The van der Waals surface area contributed by atoms with Gasteiger partial charge in [-0.25, -0.2) is 0 Å². The van der Waals surface area contributed by atoms with Gasteiger partial charge < -0.3 is 24.1 Å². The fraction of sp³-hybridized carbons (Fsp3) is 0.440. The number of aliphatic hydroxyl groups is 1. The number of ether oxygens (including phenoxy) is 1. The topological polar surface area (TPSA) is 83.2 Å². The Bertz CT molecular complexity index is 972. The van der Waals surface area contributed by atoms with Crippen LogP contribution in [0.25, 0.3) is 0 Å². The van der Waals surface area contributed by atoms with Crippen LogP contribution in [0.5, 0.6) is 5.75 Å². The lowest BCUT2D eigenvalue weighted by molar-refractivity contribution is -0.129. The molecule has 1 aromatic carbocycles. The van der Waals surface area contributed by atoms with Gasteiger partial charge in [-0.05, 0) is 69.6 Å². The maximum Gasteiger partial charge on any atom is 0.290 e. The molecule has 1 atom stereocenters. The predicted molar refractivity (Wildman–Crippen MR) is 120 cm³/mol. The largest absolute Gasteiger partial charge is 0.503 e. The molecule has 170 valence electrons. The molecule has 0 radical (unpaired) electrons. The summed E-state index contributed by atoms with van der Waals surface area (Å²) in [6.45, 7) is 7.04. The van der Waals surface area contributed by atoms with Crippen LogP contribution in [0.15, 0.2) is 58.4 Å². The molecule has 1 aromatic heterocycles. The minimum absolute atomic E-state index is 0.0370. The first-order valence-corrected chi connectivity index (χ1v) is 11.3. The van der Waals surface area contributed by atoms with Crippen molar-refractivity contribution in [2.75, 3.05) is 26.2 Å². The van der Waals surface area contributed by atoms with E-state index in [1.807, 2.05) is 38.1 Å². The molecule has 1 fully saturated rings. The lowest BCUT2D eigenvalue weighted by atomic mass is 9.95. The van der Waals surface area contributed by atoms with Crippen molar-refractivity contribution in [3.8, 4) is 5.75 Å². The number of rotatable bonds is 8. The van der Waals surface area contributed by atoms with E-state index in [2.05, 4.69) is 4.90 Å². The quantitative estimate of drug-likeness (QED) is 0.624. The van der Waals surface area contributed by atoms with Gasteiger partial charge >= 0.3 is 0 Å². The number of nitrogens with zero attached hydrogens (tertiary/aromatic N) is 2. The number of aliphatic hydroxyl groups excluding tert-OH is 1. The normalized spacial score (nSPS) is 19.8. The van der Waals surface area contributed by atoms with Gasteiger partial charge in [-0.1, -0.05) is 18.6 Å². The minimum Gasteiger partial charge on any atom is -0.503 e. The van der Waals surface area contributed by atoms with Crippen molar-refractivity contribution in [3.63, 3.8) is 0 Å².